The van der Waals surface area contributed by atoms with Crippen LogP contribution >= 0.6 is 15.9 Å². The Balaban J connectivity index is 2.07. The summed E-state index contributed by atoms with van der Waals surface area (Å²) in [4.78, 5) is 29.7. The molecule has 19 heavy (non-hydrogen) atoms. The van der Waals surface area contributed by atoms with Crippen molar-refractivity contribution in [3.63, 3.8) is 0 Å². The summed E-state index contributed by atoms with van der Waals surface area (Å²) in [5.41, 5.74) is 1.06. The molecule has 1 aromatic carbocycles. The molecule has 2 heterocycles. The molecular weight excluding hydrogens is 310 g/mol. The lowest BCUT2D eigenvalue weighted by molar-refractivity contribution is -0.114. The molecule has 0 atom stereocenters. The van der Waals surface area contributed by atoms with Crippen LogP contribution in [0.15, 0.2) is 35.1 Å². The van der Waals surface area contributed by atoms with Crippen LogP contribution in [0.5, 0.6) is 0 Å². The average molecular weight is 320 g/mol. The fourth-order valence-corrected chi connectivity index (χ4v) is 2.73. The van der Waals surface area contributed by atoms with Gasteiger partial charge in [-0.1, -0.05) is 6.07 Å². The summed E-state index contributed by atoms with van der Waals surface area (Å²) in [6.07, 6.45) is 3.47. The molecular formula is C13H10BrN3O2. The topological polar surface area (TPSA) is 55.2 Å². The SMILES string of the molecule is Cn1ccnc1CN1C(=O)C(=O)c2cccc(Br)c21. The number of carbonyl (C=O) groups is 2. The number of halogens is 1. The number of para-hydroxylation sites is 1. The van der Waals surface area contributed by atoms with Crippen LogP contribution in [0.4, 0.5) is 5.69 Å². The number of Topliss-reactive ketones (excluding diaryl/α,β-unsaturated/α-hetero) is 1. The highest BCUT2D eigenvalue weighted by molar-refractivity contribution is 9.10. The van der Waals surface area contributed by atoms with E-state index in [9.17, 15) is 9.59 Å². The predicted molar refractivity (Wildman–Crippen MR) is 72.9 cm³/mol. The van der Waals surface area contributed by atoms with Crippen LogP contribution in [0.25, 0.3) is 0 Å². The van der Waals surface area contributed by atoms with Gasteiger partial charge in [-0.3, -0.25) is 14.5 Å². The Bertz CT molecular complexity index is 693. The van der Waals surface area contributed by atoms with Gasteiger partial charge < -0.3 is 4.57 Å². The van der Waals surface area contributed by atoms with Gasteiger partial charge in [-0.15, -0.1) is 0 Å². The fraction of sp³-hybridized carbons (Fsp3) is 0.154. The maximum absolute atomic E-state index is 12.1. The second-order valence-electron chi connectivity index (χ2n) is 4.31. The van der Waals surface area contributed by atoms with E-state index in [1.54, 1.807) is 24.5 Å². The first-order chi connectivity index (χ1) is 9.09. The molecule has 96 valence electrons. The second kappa shape index (κ2) is 4.31. The van der Waals surface area contributed by atoms with Crippen molar-refractivity contribution < 1.29 is 9.59 Å². The van der Waals surface area contributed by atoms with E-state index < -0.39 is 11.7 Å². The minimum absolute atomic E-state index is 0.281. The zero-order chi connectivity index (χ0) is 13.6. The number of hydrogen-bond acceptors (Lipinski definition) is 3. The predicted octanol–water partition coefficient (Wildman–Crippen LogP) is 1.91. The van der Waals surface area contributed by atoms with Gasteiger partial charge in [0.2, 0.25) is 0 Å². The largest absolute Gasteiger partial charge is 0.337 e. The van der Waals surface area contributed by atoms with E-state index in [-0.39, 0.29) is 6.54 Å². The van der Waals surface area contributed by atoms with Crippen LogP contribution in [0.2, 0.25) is 0 Å². The summed E-state index contributed by atoms with van der Waals surface area (Å²) in [6, 6.07) is 5.23. The fourth-order valence-electron chi connectivity index (χ4n) is 2.15. The highest BCUT2D eigenvalue weighted by atomic mass is 79.9. The van der Waals surface area contributed by atoms with E-state index in [1.165, 1.54) is 4.90 Å². The quantitative estimate of drug-likeness (QED) is 0.794. The number of aromatic nitrogens is 2. The van der Waals surface area contributed by atoms with Crippen LogP contribution in [-0.2, 0) is 18.4 Å². The molecule has 1 aromatic heterocycles. The van der Waals surface area contributed by atoms with Crippen molar-refractivity contribution >= 4 is 33.3 Å². The van der Waals surface area contributed by atoms with Gasteiger partial charge >= 0.3 is 0 Å². The number of benzene rings is 1. The molecule has 0 spiro atoms. The van der Waals surface area contributed by atoms with Crippen LogP contribution < -0.4 is 4.90 Å². The van der Waals surface area contributed by atoms with Crippen molar-refractivity contribution in [2.24, 2.45) is 7.05 Å². The first-order valence-corrected chi connectivity index (χ1v) is 6.50. The molecule has 0 unspecified atom stereocenters. The minimum Gasteiger partial charge on any atom is -0.337 e. The van der Waals surface area contributed by atoms with Crippen molar-refractivity contribution in [3.05, 3.63) is 46.5 Å². The number of nitrogens with zero attached hydrogens (tertiary/aromatic N) is 3. The number of anilines is 1. The summed E-state index contributed by atoms with van der Waals surface area (Å²) in [7, 11) is 1.85. The molecule has 0 N–H and O–H groups in total. The van der Waals surface area contributed by atoms with E-state index in [0.717, 1.165) is 10.3 Å². The third-order valence-electron chi connectivity index (χ3n) is 3.16. The smallest absolute Gasteiger partial charge is 0.299 e. The molecule has 1 aliphatic rings. The summed E-state index contributed by atoms with van der Waals surface area (Å²) >= 11 is 3.39. The molecule has 2 aromatic rings. The number of hydrogen-bond donors (Lipinski definition) is 0. The van der Waals surface area contributed by atoms with Crippen molar-refractivity contribution in [3.8, 4) is 0 Å². The summed E-state index contributed by atoms with van der Waals surface area (Å²) in [5, 5.41) is 0. The monoisotopic (exact) mass is 319 g/mol. The summed E-state index contributed by atoms with van der Waals surface area (Å²) in [5.74, 6) is -0.250. The van der Waals surface area contributed by atoms with Gasteiger partial charge in [0.25, 0.3) is 11.7 Å². The lowest BCUT2D eigenvalue weighted by Crippen LogP contribution is -2.30. The zero-order valence-electron chi connectivity index (χ0n) is 10.1. The Morgan fingerprint density at radius 3 is 2.79 bits per heavy atom. The number of carbonyl (C=O) groups excluding carboxylic acids is 2. The molecule has 6 heteroatoms. The zero-order valence-corrected chi connectivity index (χ0v) is 11.7. The third-order valence-corrected chi connectivity index (χ3v) is 3.80. The molecule has 0 bridgehead atoms. The van der Waals surface area contributed by atoms with Gasteiger partial charge in [-0.25, -0.2) is 4.98 Å². The Morgan fingerprint density at radius 2 is 2.11 bits per heavy atom. The van der Waals surface area contributed by atoms with Gasteiger partial charge in [0, 0.05) is 23.9 Å². The number of ketones is 1. The molecule has 0 radical (unpaired) electrons. The van der Waals surface area contributed by atoms with E-state index >= 15 is 0 Å². The molecule has 1 amide bonds. The minimum atomic E-state index is -0.509. The second-order valence-corrected chi connectivity index (χ2v) is 5.17. The third kappa shape index (κ3) is 1.79. The lowest BCUT2D eigenvalue weighted by atomic mass is 10.1. The highest BCUT2D eigenvalue weighted by Crippen LogP contribution is 2.36. The Kier molecular flexibility index (Phi) is 2.74. The number of rotatable bonds is 2. The highest BCUT2D eigenvalue weighted by Gasteiger charge is 2.37. The van der Waals surface area contributed by atoms with Crippen molar-refractivity contribution in [1.82, 2.24) is 9.55 Å². The maximum atomic E-state index is 12.1. The Labute approximate surface area is 118 Å². The number of imidazole rings is 1. The molecule has 1 aliphatic heterocycles. The van der Waals surface area contributed by atoms with Crippen molar-refractivity contribution in [1.29, 1.82) is 0 Å². The van der Waals surface area contributed by atoms with Crippen LogP contribution in [0.1, 0.15) is 16.2 Å². The van der Waals surface area contributed by atoms with Crippen LogP contribution in [-0.4, -0.2) is 21.2 Å². The first-order valence-electron chi connectivity index (χ1n) is 5.70. The van der Waals surface area contributed by atoms with E-state index in [2.05, 4.69) is 20.9 Å². The van der Waals surface area contributed by atoms with Gasteiger partial charge in [-0.05, 0) is 28.1 Å². The summed E-state index contributed by atoms with van der Waals surface area (Å²) < 4.78 is 2.56. The molecule has 5 nitrogen and oxygen atoms in total. The standard InChI is InChI=1S/C13H10BrN3O2/c1-16-6-5-15-10(16)7-17-11-8(12(18)13(17)19)3-2-4-9(11)14/h2-6H,7H2,1H3. The number of amides is 1. The van der Waals surface area contributed by atoms with E-state index in [0.29, 0.717) is 11.3 Å². The van der Waals surface area contributed by atoms with Gasteiger partial charge in [-0.2, -0.15) is 0 Å². The van der Waals surface area contributed by atoms with Gasteiger partial charge in [0.15, 0.2) is 0 Å². The molecule has 0 aliphatic carbocycles. The van der Waals surface area contributed by atoms with Crippen LogP contribution in [0, 0.1) is 0 Å². The first kappa shape index (κ1) is 12.1. The maximum Gasteiger partial charge on any atom is 0.299 e. The van der Waals surface area contributed by atoms with Crippen LogP contribution in [0.3, 0.4) is 0 Å². The molecule has 0 fully saturated rings. The molecule has 0 saturated heterocycles. The normalized spacial score (nSPS) is 14.1. The van der Waals surface area contributed by atoms with E-state index in [4.69, 9.17) is 0 Å². The lowest BCUT2D eigenvalue weighted by Gasteiger charge is -2.17. The number of fused-ring (bicyclic) bond motifs is 1. The van der Waals surface area contributed by atoms with Gasteiger partial charge in [0.05, 0.1) is 17.8 Å². The van der Waals surface area contributed by atoms with Gasteiger partial charge in [0.1, 0.15) is 5.82 Å². The molecule has 0 saturated carbocycles. The number of aryl methyl sites for hydroxylation is 1. The summed E-state index contributed by atoms with van der Waals surface area (Å²) in [6.45, 7) is 0.281. The van der Waals surface area contributed by atoms with E-state index in [1.807, 2.05) is 17.7 Å². The Morgan fingerprint density at radius 1 is 1.32 bits per heavy atom. The Hall–Kier alpha value is -1.95. The van der Waals surface area contributed by atoms with Crippen molar-refractivity contribution in [2.45, 2.75) is 6.54 Å². The van der Waals surface area contributed by atoms with Crippen molar-refractivity contribution in [2.75, 3.05) is 4.90 Å². The molecule has 3 rings (SSSR count). The average Bonchev–Trinajstić information content (AvgIpc) is 2.89.